The molecule has 9 heteroatoms. The molecular weight excluding hydrogens is 488 g/mol. The number of hydrogen-bond acceptors (Lipinski definition) is 6. The molecule has 2 aliphatic rings. The molecule has 2 aromatic heterocycles. The SMILES string of the molecule is CC(C)[C@@H](c1ccc(Cl)cc1)N1C[C@H](C)N(c2nc(=O)n(C)c3c2ncn3CC2(O)CCCC2)C[C@H]1C. The Morgan fingerprint density at radius 2 is 1.78 bits per heavy atom. The van der Waals surface area contributed by atoms with Crippen LogP contribution in [0.5, 0.6) is 0 Å². The van der Waals surface area contributed by atoms with E-state index in [1.54, 1.807) is 17.9 Å². The Hall–Kier alpha value is -2.42. The molecule has 200 valence electrons. The van der Waals surface area contributed by atoms with Crippen molar-refractivity contribution < 1.29 is 5.11 Å². The highest BCUT2D eigenvalue weighted by Gasteiger charge is 2.38. The van der Waals surface area contributed by atoms with Crippen molar-refractivity contribution in [2.45, 2.75) is 83.6 Å². The molecular formula is C28H39ClN6O2. The first-order chi connectivity index (χ1) is 17.6. The first-order valence-corrected chi connectivity index (χ1v) is 13.9. The van der Waals surface area contributed by atoms with Crippen molar-refractivity contribution in [2.75, 3.05) is 18.0 Å². The van der Waals surface area contributed by atoms with Gasteiger partial charge in [-0.1, -0.05) is 50.4 Å². The van der Waals surface area contributed by atoms with E-state index in [9.17, 15) is 9.90 Å². The summed E-state index contributed by atoms with van der Waals surface area (Å²) in [7, 11) is 1.74. The average Bonchev–Trinajstić information content (AvgIpc) is 3.46. The summed E-state index contributed by atoms with van der Waals surface area (Å²) in [5.41, 5.74) is 1.66. The molecule has 1 aromatic carbocycles. The fourth-order valence-corrected chi connectivity index (χ4v) is 6.60. The highest BCUT2D eigenvalue weighted by atomic mass is 35.5. The Morgan fingerprint density at radius 1 is 1.11 bits per heavy atom. The van der Waals surface area contributed by atoms with E-state index < -0.39 is 5.60 Å². The topological polar surface area (TPSA) is 79.4 Å². The molecule has 1 N–H and O–H groups in total. The van der Waals surface area contributed by atoms with E-state index in [0.717, 1.165) is 49.4 Å². The van der Waals surface area contributed by atoms with Gasteiger partial charge in [0.15, 0.2) is 5.82 Å². The maximum absolute atomic E-state index is 13.0. The number of benzene rings is 1. The molecule has 2 fully saturated rings. The smallest absolute Gasteiger partial charge is 0.350 e. The van der Waals surface area contributed by atoms with E-state index in [4.69, 9.17) is 16.6 Å². The number of piperazine rings is 1. The van der Waals surface area contributed by atoms with Crippen LogP contribution in [0.1, 0.15) is 65.0 Å². The number of imidazole rings is 1. The van der Waals surface area contributed by atoms with Gasteiger partial charge in [-0.2, -0.15) is 4.98 Å². The number of rotatable bonds is 6. The highest BCUT2D eigenvalue weighted by molar-refractivity contribution is 6.30. The summed E-state index contributed by atoms with van der Waals surface area (Å²) in [6.07, 6.45) is 5.37. The van der Waals surface area contributed by atoms with Gasteiger partial charge in [-0.05, 0) is 50.3 Å². The van der Waals surface area contributed by atoms with Gasteiger partial charge < -0.3 is 14.6 Å². The standard InChI is InChI=1S/C28H39ClN6O2/c1-18(2)24(21-8-10-22(29)11-9-21)34-14-20(4)35(15-19(34)3)25-23-26(32(5)27(36)31-25)33(17-30-23)16-28(37)12-6-7-13-28/h8-11,17-20,24,37H,6-7,12-16H2,1-5H3/t19-,20+,24+/m1/s1. The molecule has 1 saturated carbocycles. The van der Waals surface area contributed by atoms with Crippen LogP contribution in [0.4, 0.5) is 5.82 Å². The summed E-state index contributed by atoms with van der Waals surface area (Å²) >= 11 is 6.17. The molecule has 0 spiro atoms. The molecule has 1 saturated heterocycles. The Kier molecular flexibility index (Phi) is 7.11. The number of fused-ring (bicyclic) bond motifs is 1. The van der Waals surface area contributed by atoms with Gasteiger partial charge in [0.1, 0.15) is 11.2 Å². The predicted molar refractivity (Wildman–Crippen MR) is 148 cm³/mol. The van der Waals surface area contributed by atoms with Gasteiger partial charge in [0.2, 0.25) is 0 Å². The molecule has 3 atom stereocenters. The summed E-state index contributed by atoms with van der Waals surface area (Å²) in [6, 6.07) is 8.84. The lowest BCUT2D eigenvalue weighted by Crippen LogP contribution is -2.58. The van der Waals surface area contributed by atoms with Crippen molar-refractivity contribution in [1.29, 1.82) is 0 Å². The minimum Gasteiger partial charge on any atom is -0.388 e. The Morgan fingerprint density at radius 3 is 2.43 bits per heavy atom. The van der Waals surface area contributed by atoms with Gasteiger partial charge in [0.25, 0.3) is 0 Å². The van der Waals surface area contributed by atoms with Crippen LogP contribution in [0.3, 0.4) is 0 Å². The molecule has 37 heavy (non-hydrogen) atoms. The number of halogens is 1. The normalized spacial score (nSPS) is 23.3. The molecule has 0 unspecified atom stereocenters. The molecule has 1 aliphatic heterocycles. The van der Waals surface area contributed by atoms with Crippen molar-refractivity contribution in [3.63, 3.8) is 0 Å². The second-order valence-corrected chi connectivity index (χ2v) is 12.0. The summed E-state index contributed by atoms with van der Waals surface area (Å²) in [5.74, 6) is 1.06. The van der Waals surface area contributed by atoms with Crippen molar-refractivity contribution in [2.24, 2.45) is 13.0 Å². The van der Waals surface area contributed by atoms with E-state index >= 15 is 0 Å². The molecule has 0 radical (unpaired) electrons. The zero-order valence-corrected chi connectivity index (χ0v) is 23.3. The maximum Gasteiger partial charge on any atom is 0.350 e. The largest absolute Gasteiger partial charge is 0.388 e. The molecule has 0 bridgehead atoms. The van der Waals surface area contributed by atoms with E-state index in [1.807, 2.05) is 16.7 Å². The number of aliphatic hydroxyl groups is 1. The van der Waals surface area contributed by atoms with Crippen LogP contribution in [0.25, 0.3) is 11.2 Å². The van der Waals surface area contributed by atoms with Gasteiger partial charge in [0, 0.05) is 43.3 Å². The number of anilines is 1. The number of aryl methyl sites for hydroxylation is 1. The van der Waals surface area contributed by atoms with Gasteiger partial charge in [0.05, 0.1) is 18.5 Å². The summed E-state index contributed by atoms with van der Waals surface area (Å²) in [4.78, 5) is 27.1. The van der Waals surface area contributed by atoms with E-state index in [1.165, 1.54) is 5.56 Å². The lowest BCUT2D eigenvalue weighted by atomic mass is 9.91. The van der Waals surface area contributed by atoms with Gasteiger partial charge >= 0.3 is 5.69 Å². The third kappa shape index (κ3) is 4.91. The van der Waals surface area contributed by atoms with Crippen LogP contribution >= 0.6 is 11.6 Å². The minimum absolute atomic E-state index is 0.136. The first-order valence-electron chi connectivity index (χ1n) is 13.5. The van der Waals surface area contributed by atoms with Crippen LogP contribution < -0.4 is 10.6 Å². The third-order valence-electron chi connectivity index (χ3n) is 8.33. The van der Waals surface area contributed by atoms with Gasteiger partial charge in [-0.15, -0.1) is 0 Å². The maximum atomic E-state index is 13.0. The average molecular weight is 527 g/mol. The van der Waals surface area contributed by atoms with E-state index in [-0.39, 0.29) is 23.8 Å². The molecule has 5 rings (SSSR count). The van der Waals surface area contributed by atoms with Crippen molar-refractivity contribution in [3.05, 3.63) is 51.7 Å². The second-order valence-electron chi connectivity index (χ2n) is 11.5. The van der Waals surface area contributed by atoms with Crippen LogP contribution in [0, 0.1) is 5.92 Å². The fourth-order valence-electron chi connectivity index (χ4n) is 6.47. The van der Waals surface area contributed by atoms with Crippen molar-refractivity contribution in [1.82, 2.24) is 24.0 Å². The Labute approximate surface area is 223 Å². The van der Waals surface area contributed by atoms with E-state index in [0.29, 0.717) is 23.8 Å². The lowest BCUT2D eigenvalue weighted by molar-refractivity contribution is 0.0307. The molecule has 1 aliphatic carbocycles. The lowest BCUT2D eigenvalue weighted by Gasteiger charge is -2.49. The van der Waals surface area contributed by atoms with Crippen molar-refractivity contribution in [3.8, 4) is 0 Å². The minimum atomic E-state index is -0.742. The molecule has 3 heterocycles. The number of nitrogens with zero attached hydrogens (tertiary/aromatic N) is 6. The second kappa shape index (κ2) is 10.0. The molecule has 3 aromatic rings. The van der Waals surface area contributed by atoms with Crippen LogP contribution in [0.2, 0.25) is 5.02 Å². The monoisotopic (exact) mass is 526 g/mol. The van der Waals surface area contributed by atoms with Crippen LogP contribution in [0.15, 0.2) is 35.4 Å². The zero-order valence-electron chi connectivity index (χ0n) is 22.6. The Balaban J connectivity index is 1.47. The number of hydrogen-bond donors (Lipinski definition) is 1. The van der Waals surface area contributed by atoms with Crippen LogP contribution in [-0.4, -0.2) is 59.9 Å². The van der Waals surface area contributed by atoms with E-state index in [2.05, 4.69) is 54.6 Å². The molecule has 8 nitrogen and oxygen atoms in total. The van der Waals surface area contributed by atoms with Crippen LogP contribution in [-0.2, 0) is 13.6 Å². The zero-order chi connectivity index (χ0) is 26.5. The van der Waals surface area contributed by atoms with Gasteiger partial charge in [-0.25, -0.2) is 9.78 Å². The summed E-state index contributed by atoms with van der Waals surface area (Å²) in [6.45, 7) is 11.0. The molecule has 0 amide bonds. The Bertz CT molecular complexity index is 1310. The first kappa shape index (κ1) is 26.2. The summed E-state index contributed by atoms with van der Waals surface area (Å²) < 4.78 is 3.50. The van der Waals surface area contributed by atoms with Gasteiger partial charge in [-0.3, -0.25) is 9.47 Å². The third-order valence-corrected chi connectivity index (χ3v) is 8.59. The quantitative estimate of drug-likeness (QED) is 0.513. The summed E-state index contributed by atoms with van der Waals surface area (Å²) in [5, 5.41) is 11.8. The fraction of sp³-hybridized carbons (Fsp3) is 0.607. The predicted octanol–water partition coefficient (Wildman–Crippen LogP) is 4.38. The highest BCUT2D eigenvalue weighted by Crippen LogP contribution is 2.36. The number of aromatic nitrogens is 4. The van der Waals surface area contributed by atoms with Crippen molar-refractivity contribution >= 4 is 28.6 Å².